The van der Waals surface area contributed by atoms with E-state index in [0.29, 0.717) is 10.4 Å². The first-order valence-electron chi connectivity index (χ1n) is 1.76. The van der Waals surface area contributed by atoms with Gasteiger partial charge < -0.3 is 0 Å². The van der Waals surface area contributed by atoms with Crippen molar-refractivity contribution < 1.29 is 0 Å². The molecular formula is C3HBrCl2N2. The lowest BCUT2D eigenvalue weighted by Crippen LogP contribution is -1.71. The van der Waals surface area contributed by atoms with Crippen LogP contribution < -0.4 is 0 Å². The summed E-state index contributed by atoms with van der Waals surface area (Å²) in [6.45, 7) is 0. The molecule has 0 N–H and O–H groups in total. The van der Waals surface area contributed by atoms with Gasteiger partial charge in [-0.15, -0.1) is 0 Å². The monoisotopic (exact) mass is 214 g/mol. The van der Waals surface area contributed by atoms with E-state index in [1.807, 2.05) is 0 Å². The Hall–Kier alpha value is 0.270. The number of hydrogen-bond acceptors (Lipinski definition) is 1. The third-order valence-electron chi connectivity index (χ3n) is 0.595. The molecule has 0 unspecified atom stereocenters. The predicted octanol–water partition coefficient (Wildman–Crippen LogP) is 2.35. The molecule has 0 amide bonds. The molecule has 0 aliphatic heterocycles. The topological polar surface area (TPSA) is 17.8 Å². The average molecular weight is 216 g/mol. The maximum absolute atomic E-state index is 5.45. The Morgan fingerprint density at radius 3 is 2.38 bits per heavy atom. The van der Waals surface area contributed by atoms with E-state index in [4.69, 9.17) is 23.2 Å². The minimum absolute atomic E-state index is 0.329. The highest BCUT2D eigenvalue weighted by Gasteiger charge is 1.97. The van der Waals surface area contributed by atoms with Crippen molar-refractivity contribution in [1.82, 2.24) is 8.58 Å². The highest BCUT2D eigenvalue weighted by atomic mass is 79.9. The Morgan fingerprint density at radius 1 is 1.62 bits per heavy atom. The Balaban J connectivity index is 3.14. The molecule has 0 aliphatic rings. The van der Waals surface area contributed by atoms with Crippen molar-refractivity contribution in [3.8, 4) is 0 Å². The molecule has 0 spiro atoms. The summed E-state index contributed by atoms with van der Waals surface area (Å²) in [5.74, 6) is 0. The molecule has 0 aliphatic carbocycles. The zero-order valence-electron chi connectivity index (χ0n) is 3.61. The van der Waals surface area contributed by atoms with E-state index in [1.165, 1.54) is 3.59 Å². The van der Waals surface area contributed by atoms with Crippen molar-refractivity contribution in [1.29, 1.82) is 0 Å². The third kappa shape index (κ3) is 1.16. The Labute approximate surface area is 64.8 Å². The van der Waals surface area contributed by atoms with Crippen LogP contribution >= 0.6 is 39.3 Å². The second-order valence-electron chi connectivity index (χ2n) is 1.14. The molecule has 1 aromatic rings. The second kappa shape index (κ2) is 2.25. The second-order valence-corrected chi connectivity index (χ2v) is 2.63. The summed E-state index contributed by atoms with van der Waals surface area (Å²) in [5, 5.41) is 0.710. The van der Waals surface area contributed by atoms with Crippen molar-refractivity contribution in [2.24, 2.45) is 0 Å². The first-order valence-corrected chi connectivity index (χ1v) is 3.23. The van der Waals surface area contributed by atoms with Crippen molar-refractivity contribution in [2.45, 2.75) is 0 Å². The van der Waals surface area contributed by atoms with Crippen LogP contribution in [0.15, 0.2) is 6.20 Å². The fraction of sp³-hybridized carbons (Fsp3) is 0. The van der Waals surface area contributed by atoms with Gasteiger partial charge in [-0.1, -0.05) is 11.6 Å². The number of nitrogens with zero attached hydrogens (tertiary/aromatic N) is 2. The summed E-state index contributed by atoms with van der Waals surface area (Å²) in [6.07, 6.45) is 1.56. The number of aromatic nitrogens is 2. The zero-order valence-corrected chi connectivity index (χ0v) is 6.70. The maximum atomic E-state index is 5.45. The smallest absolute Gasteiger partial charge is 0.214 e. The van der Waals surface area contributed by atoms with Crippen LogP contribution in [0.5, 0.6) is 0 Å². The summed E-state index contributed by atoms with van der Waals surface area (Å²) >= 11 is 13.9. The highest BCUT2D eigenvalue weighted by molar-refractivity contribution is 9.08. The Kier molecular flexibility index (Phi) is 1.80. The standard InChI is InChI=1S/C3HBrCl2N2/c4-8-1-2(5)7-3(8)6/h1H. The van der Waals surface area contributed by atoms with Gasteiger partial charge in [-0.2, -0.15) is 0 Å². The molecule has 0 bridgehead atoms. The molecule has 2 nitrogen and oxygen atoms in total. The summed E-state index contributed by atoms with van der Waals surface area (Å²) < 4.78 is 1.46. The van der Waals surface area contributed by atoms with Gasteiger partial charge in [-0.05, 0) is 11.6 Å². The molecule has 0 radical (unpaired) electrons. The van der Waals surface area contributed by atoms with E-state index >= 15 is 0 Å². The van der Waals surface area contributed by atoms with E-state index < -0.39 is 0 Å². The van der Waals surface area contributed by atoms with Crippen LogP contribution in [0.1, 0.15) is 0 Å². The molecule has 1 rings (SSSR count). The third-order valence-corrected chi connectivity index (χ3v) is 1.79. The molecule has 0 aromatic carbocycles. The summed E-state index contributed by atoms with van der Waals surface area (Å²) in [6, 6.07) is 0. The lowest BCUT2D eigenvalue weighted by Gasteiger charge is -1.80. The number of imidazole rings is 1. The number of hydrogen-bond donors (Lipinski definition) is 0. The van der Waals surface area contributed by atoms with E-state index in [1.54, 1.807) is 6.20 Å². The van der Waals surface area contributed by atoms with Crippen molar-refractivity contribution in [3.63, 3.8) is 0 Å². The highest BCUT2D eigenvalue weighted by Crippen LogP contribution is 2.14. The quantitative estimate of drug-likeness (QED) is 0.650. The molecular weight excluding hydrogens is 215 g/mol. The van der Waals surface area contributed by atoms with Gasteiger partial charge in [-0.3, -0.25) is 3.59 Å². The van der Waals surface area contributed by atoms with E-state index in [-0.39, 0.29) is 0 Å². The molecule has 0 atom stereocenters. The van der Waals surface area contributed by atoms with Crippen LogP contribution in [0.4, 0.5) is 0 Å². The van der Waals surface area contributed by atoms with E-state index in [0.717, 1.165) is 0 Å². The van der Waals surface area contributed by atoms with Crippen molar-refractivity contribution >= 4 is 39.3 Å². The van der Waals surface area contributed by atoms with E-state index in [9.17, 15) is 0 Å². The molecule has 0 saturated carbocycles. The van der Waals surface area contributed by atoms with Gasteiger partial charge in [0.15, 0.2) is 0 Å². The molecule has 1 heterocycles. The van der Waals surface area contributed by atoms with Gasteiger partial charge in [0.25, 0.3) is 0 Å². The fourth-order valence-corrected chi connectivity index (χ4v) is 1.06. The normalized spacial score (nSPS) is 9.88. The Morgan fingerprint density at radius 2 is 2.25 bits per heavy atom. The summed E-state index contributed by atoms with van der Waals surface area (Å²) in [4.78, 5) is 3.66. The van der Waals surface area contributed by atoms with Gasteiger partial charge in [0.1, 0.15) is 5.15 Å². The van der Waals surface area contributed by atoms with Gasteiger partial charge in [-0.25, -0.2) is 4.98 Å². The fourth-order valence-electron chi connectivity index (χ4n) is 0.312. The van der Waals surface area contributed by atoms with E-state index in [2.05, 4.69) is 21.1 Å². The van der Waals surface area contributed by atoms with Gasteiger partial charge in [0.2, 0.25) is 5.28 Å². The van der Waals surface area contributed by atoms with Crippen LogP contribution in [0.3, 0.4) is 0 Å². The Bertz CT molecular complexity index is 178. The first-order chi connectivity index (χ1) is 3.70. The summed E-state index contributed by atoms with van der Waals surface area (Å²) in [7, 11) is 0. The van der Waals surface area contributed by atoms with Crippen LogP contribution in [-0.4, -0.2) is 8.58 Å². The number of halogens is 3. The predicted molar refractivity (Wildman–Crippen MR) is 36.6 cm³/mol. The first kappa shape index (κ1) is 6.39. The lowest BCUT2D eigenvalue weighted by atomic mass is 11.0. The van der Waals surface area contributed by atoms with Gasteiger partial charge in [0.05, 0.1) is 22.3 Å². The average Bonchev–Trinajstić information content (AvgIpc) is 1.85. The molecule has 0 saturated heterocycles. The maximum Gasteiger partial charge on any atom is 0.214 e. The van der Waals surface area contributed by atoms with Crippen LogP contribution in [-0.2, 0) is 0 Å². The van der Waals surface area contributed by atoms with Gasteiger partial charge in [0, 0.05) is 0 Å². The van der Waals surface area contributed by atoms with Crippen LogP contribution in [0.25, 0.3) is 0 Å². The minimum Gasteiger partial charge on any atom is -0.255 e. The molecule has 0 fully saturated rings. The SMILES string of the molecule is Clc1cn(Br)c(Cl)n1. The van der Waals surface area contributed by atoms with Crippen LogP contribution in [0, 0.1) is 0 Å². The molecule has 1 aromatic heterocycles. The summed E-state index contributed by atoms with van der Waals surface area (Å²) in [5.41, 5.74) is 0. The van der Waals surface area contributed by atoms with Crippen molar-refractivity contribution in [3.05, 3.63) is 16.6 Å². The molecule has 44 valence electrons. The zero-order chi connectivity index (χ0) is 6.15. The minimum atomic E-state index is 0.329. The molecule has 8 heavy (non-hydrogen) atoms. The van der Waals surface area contributed by atoms with Crippen molar-refractivity contribution in [2.75, 3.05) is 0 Å². The van der Waals surface area contributed by atoms with Gasteiger partial charge >= 0.3 is 0 Å². The number of rotatable bonds is 0. The van der Waals surface area contributed by atoms with Crippen LogP contribution in [0.2, 0.25) is 10.4 Å². The lowest BCUT2D eigenvalue weighted by molar-refractivity contribution is 1.26. The largest absolute Gasteiger partial charge is 0.255 e. The molecule has 5 heteroatoms.